The highest BCUT2D eigenvalue weighted by atomic mass is 16.5. The van der Waals surface area contributed by atoms with Crippen molar-refractivity contribution in [3.63, 3.8) is 0 Å². The molecule has 0 aliphatic rings. The fourth-order valence-electron chi connectivity index (χ4n) is 2.65. The molecule has 3 aromatic rings. The summed E-state index contributed by atoms with van der Waals surface area (Å²) in [5.41, 5.74) is 1.95. The Morgan fingerprint density at radius 1 is 0.864 bits per heavy atom. The Labute approximate surface area is 129 Å². The molecule has 112 valence electrons. The molecule has 0 saturated carbocycles. The van der Waals surface area contributed by atoms with E-state index < -0.39 is 0 Å². The monoisotopic (exact) mass is 294 g/mol. The molecule has 0 aliphatic carbocycles. The van der Waals surface area contributed by atoms with Gasteiger partial charge in [0.2, 0.25) is 0 Å². The van der Waals surface area contributed by atoms with Gasteiger partial charge in [0.25, 0.3) is 0 Å². The fourth-order valence-corrected chi connectivity index (χ4v) is 2.65. The summed E-state index contributed by atoms with van der Waals surface area (Å²) in [5, 5.41) is 12.4. The summed E-state index contributed by atoms with van der Waals surface area (Å²) in [6.45, 7) is 0. The zero-order valence-corrected chi connectivity index (χ0v) is 12.7. The highest BCUT2D eigenvalue weighted by Gasteiger charge is 2.09. The molecule has 0 fully saturated rings. The van der Waals surface area contributed by atoms with Crippen LogP contribution in [0.25, 0.3) is 10.8 Å². The number of benzene rings is 3. The quantitative estimate of drug-likeness (QED) is 0.785. The van der Waals surface area contributed by atoms with E-state index in [4.69, 9.17) is 9.47 Å². The Hall–Kier alpha value is -2.68. The summed E-state index contributed by atoms with van der Waals surface area (Å²) >= 11 is 0. The van der Waals surface area contributed by atoms with Crippen molar-refractivity contribution in [2.24, 2.45) is 0 Å². The van der Waals surface area contributed by atoms with Crippen molar-refractivity contribution in [2.45, 2.75) is 6.42 Å². The zero-order valence-electron chi connectivity index (χ0n) is 12.7. The summed E-state index contributed by atoms with van der Waals surface area (Å²) in [6, 6.07) is 17.6. The third-order valence-electron chi connectivity index (χ3n) is 3.83. The number of hydrogen-bond acceptors (Lipinski definition) is 3. The van der Waals surface area contributed by atoms with Gasteiger partial charge in [0.05, 0.1) is 14.2 Å². The SMILES string of the molecule is COc1ccc(Cc2ccc3ccccc3c2O)cc1OC. The lowest BCUT2D eigenvalue weighted by Crippen LogP contribution is -1.94. The van der Waals surface area contributed by atoms with Crippen LogP contribution >= 0.6 is 0 Å². The minimum atomic E-state index is 0.341. The summed E-state index contributed by atoms with van der Waals surface area (Å²) in [4.78, 5) is 0. The lowest BCUT2D eigenvalue weighted by molar-refractivity contribution is 0.354. The highest BCUT2D eigenvalue weighted by molar-refractivity contribution is 5.89. The molecular weight excluding hydrogens is 276 g/mol. The molecule has 3 rings (SSSR count). The van der Waals surface area contributed by atoms with Crippen LogP contribution in [0.15, 0.2) is 54.6 Å². The van der Waals surface area contributed by atoms with E-state index in [0.29, 0.717) is 23.7 Å². The molecule has 3 heteroatoms. The maximum Gasteiger partial charge on any atom is 0.160 e. The minimum Gasteiger partial charge on any atom is -0.507 e. The molecule has 22 heavy (non-hydrogen) atoms. The van der Waals surface area contributed by atoms with Crippen LogP contribution in [0.5, 0.6) is 17.2 Å². The van der Waals surface area contributed by atoms with E-state index >= 15 is 0 Å². The number of phenols is 1. The predicted molar refractivity (Wildman–Crippen MR) is 88.0 cm³/mol. The van der Waals surface area contributed by atoms with E-state index in [9.17, 15) is 5.11 Å². The molecule has 0 heterocycles. The highest BCUT2D eigenvalue weighted by Crippen LogP contribution is 2.32. The third kappa shape index (κ3) is 2.58. The van der Waals surface area contributed by atoms with Gasteiger partial charge in [0.1, 0.15) is 5.75 Å². The van der Waals surface area contributed by atoms with Gasteiger partial charge in [-0.3, -0.25) is 0 Å². The Bertz CT molecular complexity index is 809. The topological polar surface area (TPSA) is 38.7 Å². The van der Waals surface area contributed by atoms with Gasteiger partial charge >= 0.3 is 0 Å². The second-order valence-corrected chi connectivity index (χ2v) is 5.16. The van der Waals surface area contributed by atoms with Gasteiger partial charge in [-0.05, 0) is 28.6 Å². The van der Waals surface area contributed by atoms with E-state index in [2.05, 4.69) is 0 Å². The van der Waals surface area contributed by atoms with Crippen molar-refractivity contribution in [1.29, 1.82) is 0 Å². The molecule has 0 amide bonds. The van der Waals surface area contributed by atoms with Crippen LogP contribution in [-0.2, 0) is 6.42 Å². The molecular formula is C19H18O3. The van der Waals surface area contributed by atoms with Gasteiger partial charge in [-0.1, -0.05) is 42.5 Å². The maximum absolute atomic E-state index is 10.5. The Balaban J connectivity index is 1.98. The predicted octanol–water partition coefficient (Wildman–Crippen LogP) is 4.15. The molecule has 0 saturated heterocycles. The maximum atomic E-state index is 10.5. The first-order valence-corrected chi connectivity index (χ1v) is 7.13. The second kappa shape index (κ2) is 5.98. The Kier molecular flexibility index (Phi) is 3.88. The first-order valence-electron chi connectivity index (χ1n) is 7.13. The second-order valence-electron chi connectivity index (χ2n) is 5.16. The molecule has 0 atom stereocenters. The third-order valence-corrected chi connectivity index (χ3v) is 3.83. The number of phenolic OH excluding ortho intramolecular Hbond substituents is 1. The lowest BCUT2D eigenvalue weighted by atomic mass is 9.99. The van der Waals surface area contributed by atoms with Gasteiger partial charge < -0.3 is 14.6 Å². The van der Waals surface area contributed by atoms with Gasteiger partial charge in [0.15, 0.2) is 11.5 Å². The molecule has 0 aliphatic heterocycles. The number of hydrogen-bond donors (Lipinski definition) is 1. The van der Waals surface area contributed by atoms with Crippen LogP contribution in [0.4, 0.5) is 0 Å². The number of rotatable bonds is 4. The molecule has 0 unspecified atom stereocenters. The average molecular weight is 294 g/mol. The summed E-state index contributed by atoms with van der Waals surface area (Å²) in [5.74, 6) is 1.74. The summed E-state index contributed by atoms with van der Waals surface area (Å²) < 4.78 is 10.6. The number of ether oxygens (including phenoxy) is 2. The normalized spacial score (nSPS) is 10.6. The Morgan fingerprint density at radius 3 is 2.41 bits per heavy atom. The largest absolute Gasteiger partial charge is 0.507 e. The van der Waals surface area contributed by atoms with Gasteiger partial charge in [0, 0.05) is 11.8 Å². The number of aromatic hydroxyl groups is 1. The smallest absolute Gasteiger partial charge is 0.160 e. The van der Waals surface area contributed by atoms with E-state index in [1.807, 2.05) is 54.6 Å². The fraction of sp³-hybridized carbons (Fsp3) is 0.158. The van der Waals surface area contributed by atoms with Gasteiger partial charge in [-0.25, -0.2) is 0 Å². The molecule has 3 aromatic carbocycles. The summed E-state index contributed by atoms with van der Waals surface area (Å²) in [7, 11) is 3.24. The molecule has 0 bridgehead atoms. The summed E-state index contributed by atoms with van der Waals surface area (Å²) in [6.07, 6.45) is 0.636. The van der Waals surface area contributed by atoms with Crippen LogP contribution in [0.2, 0.25) is 0 Å². The van der Waals surface area contributed by atoms with Crippen LogP contribution in [0.1, 0.15) is 11.1 Å². The first-order chi connectivity index (χ1) is 10.7. The van der Waals surface area contributed by atoms with Gasteiger partial charge in [-0.2, -0.15) is 0 Å². The van der Waals surface area contributed by atoms with Crippen LogP contribution in [0, 0.1) is 0 Å². The zero-order chi connectivity index (χ0) is 15.5. The van der Waals surface area contributed by atoms with Crippen molar-refractivity contribution in [3.8, 4) is 17.2 Å². The first kappa shape index (κ1) is 14.3. The molecule has 3 nitrogen and oxygen atoms in total. The minimum absolute atomic E-state index is 0.341. The van der Waals surface area contributed by atoms with Crippen molar-refractivity contribution in [3.05, 3.63) is 65.7 Å². The van der Waals surface area contributed by atoms with Crippen molar-refractivity contribution < 1.29 is 14.6 Å². The van der Waals surface area contributed by atoms with E-state index in [-0.39, 0.29) is 0 Å². The average Bonchev–Trinajstić information content (AvgIpc) is 2.57. The van der Waals surface area contributed by atoms with Crippen molar-refractivity contribution >= 4 is 10.8 Å². The number of fused-ring (bicyclic) bond motifs is 1. The lowest BCUT2D eigenvalue weighted by Gasteiger charge is -2.11. The molecule has 0 aromatic heterocycles. The number of methoxy groups -OCH3 is 2. The standard InChI is InChI=1S/C19H18O3/c1-21-17-10-7-13(12-18(17)22-2)11-15-9-8-14-5-3-4-6-16(14)19(15)20/h3-10,12,20H,11H2,1-2H3. The van der Waals surface area contributed by atoms with Crippen LogP contribution in [0.3, 0.4) is 0 Å². The van der Waals surface area contributed by atoms with Crippen LogP contribution < -0.4 is 9.47 Å². The molecule has 1 N–H and O–H groups in total. The van der Waals surface area contributed by atoms with Crippen molar-refractivity contribution in [1.82, 2.24) is 0 Å². The van der Waals surface area contributed by atoms with Crippen molar-refractivity contribution in [2.75, 3.05) is 14.2 Å². The van der Waals surface area contributed by atoms with Gasteiger partial charge in [-0.15, -0.1) is 0 Å². The van der Waals surface area contributed by atoms with E-state index in [1.165, 1.54) is 0 Å². The van der Waals surface area contributed by atoms with E-state index in [1.54, 1.807) is 14.2 Å². The Morgan fingerprint density at radius 2 is 1.64 bits per heavy atom. The molecule has 0 radical (unpaired) electrons. The van der Waals surface area contributed by atoms with E-state index in [0.717, 1.165) is 21.9 Å². The van der Waals surface area contributed by atoms with Crippen LogP contribution in [-0.4, -0.2) is 19.3 Å². The molecule has 0 spiro atoms.